The highest BCUT2D eigenvalue weighted by Crippen LogP contribution is 2.36. The number of nitrogens with zero attached hydrogens (tertiary/aromatic N) is 2. The molecule has 1 aromatic carbocycles. The zero-order valence-electron chi connectivity index (χ0n) is 17.0. The Morgan fingerprint density at radius 3 is 2.43 bits per heavy atom. The minimum atomic E-state index is -4.76. The Balaban J connectivity index is 1.59. The van der Waals surface area contributed by atoms with E-state index in [0.717, 1.165) is 42.4 Å². The van der Waals surface area contributed by atoms with E-state index in [1.807, 2.05) is 0 Å². The van der Waals surface area contributed by atoms with Crippen molar-refractivity contribution in [2.75, 3.05) is 32.7 Å². The van der Waals surface area contributed by atoms with Gasteiger partial charge in [0, 0.05) is 31.6 Å². The second-order valence-electron chi connectivity index (χ2n) is 7.84. The molecule has 2 saturated heterocycles. The van der Waals surface area contributed by atoms with Crippen LogP contribution in [0.3, 0.4) is 0 Å². The van der Waals surface area contributed by atoms with Gasteiger partial charge in [-0.3, -0.25) is 9.69 Å². The molecule has 0 spiro atoms. The molecule has 3 rings (SSSR count). The Morgan fingerprint density at radius 1 is 1.13 bits per heavy atom. The molecule has 1 aromatic rings. The minimum absolute atomic E-state index is 0.0249. The van der Waals surface area contributed by atoms with Crippen molar-refractivity contribution < 1.29 is 26.4 Å². The van der Waals surface area contributed by atoms with Crippen LogP contribution in [0.25, 0.3) is 0 Å². The molecule has 10 heteroatoms. The van der Waals surface area contributed by atoms with Crippen molar-refractivity contribution in [1.82, 2.24) is 14.5 Å². The Labute approximate surface area is 175 Å². The van der Waals surface area contributed by atoms with Gasteiger partial charge in [-0.1, -0.05) is 19.1 Å². The van der Waals surface area contributed by atoms with Gasteiger partial charge in [0.05, 0.1) is 10.5 Å². The van der Waals surface area contributed by atoms with Gasteiger partial charge in [0.2, 0.25) is 15.9 Å². The molecule has 1 N–H and O–H groups in total. The molecule has 1 amide bonds. The zero-order valence-corrected chi connectivity index (χ0v) is 17.8. The fourth-order valence-corrected chi connectivity index (χ4v) is 6.01. The Kier molecular flexibility index (Phi) is 7.09. The van der Waals surface area contributed by atoms with Gasteiger partial charge in [0.15, 0.2) is 0 Å². The lowest BCUT2D eigenvalue weighted by Crippen LogP contribution is -2.46. The quantitative estimate of drug-likeness (QED) is 0.728. The number of amides is 1. The number of alkyl halides is 3. The van der Waals surface area contributed by atoms with Crippen LogP contribution in [0.15, 0.2) is 29.2 Å². The van der Waals surface area contributed by atoms with E-state index < -0.39 is 26.7 Å². The average Bonchev–Trinajstić information content (AvgIpc) is 3.19. The second kappa shape index (κ2) is 9.23. The molecule has 0 saturated carbocycles. The number of sulfonamides is 1. The van der Waals surface area contributed by atoms with Crippen LogP contribution < -0.4 is 5.32 Å². The normalized spacial score (nSPS) is 22.3. The molecular weight excluding hydrogens is 419 g/mol. The molecule has 30 heavy (non-hydrogen) atoms. The molecule has 2 aliphatic heterocycles. The van der Waals surface area contributed by atoms with Crippen LogP contribution in [-0.4, -0.2) is 62.3 Å². The van der Waals surface area contributed by atoms with Gasteiger partial charge in [-0.25, -0.2) is 8.42 Å². The number of halogens is 3. The predicted octanol–water partition coefficient (Wildman–Crippen LogP) is 2.71. The third-order valence-corrected chi connectivity index (χ3v) is 8.01. The topological polar surface area (TPSA) is 69.7 Å². The van der Waals surface area contributed by atoms with E-state index >= 15 is 0 Å². The largest absolute Gasteiger partial charge is 0.417 e. The zero-order chi connectivity index (χ0) is 21.9. The summed E-state index contributed by atoms with van der Waals surface area (Å²) in [6, 6.07) is 4.54. The van der Waals surface area contributed by atoms with Crippen LogP contribution in [-0.2, 0) is 21.0 Å². The highest BCUT2D eigenvalue weighted by atomic mass is 32.2. The Morgan fingerprint density at radius 2 is 1.80 bits per heavy atom. The third-order valence-electron chi connectivity index (χ3n) is 6.05. The van der Waals surface area contributed by atoms with E-state index in [-0.39, 0.29) is 24.9 Å². The molecule has 0 bridgehead atoms. The van der Waals surface area contributed by atoms with Crippen molar-refractivity contribution >= 4 is 15.9 Å². The first-order valence-electron chi connectivity index (χ1n) is 10.3. The van der Waals surface area contributed by atoms with E-state index in [2.05, 4.69) is 17.1 Å². The summed E-state index contributed by atoms with van der Waals surface area (Å²) in [6.45, 7) is 4.69. The van der Waals surface area contributed by atoms with E-state index in [0.29, 0.717) is 25.4 Å². The molecule has 168 valence electrons. The molecular formula is C20H28F3N3O3S. The summed E-state index contributed by atoms with van der Waals surface area (Å²) in [7, 11) is -4.29. The first kappa shape index (κ1) is 23.0. The number of nitrogens with one attached hydrogen (secondary N) is 1. The number of hydrogen-bond acceptors (Lipinski definition) is 4. The van der Waals surface area contributed by atoms with Crippen LogP contribution in [0.5, 0.6) is 0 Å². The maximum atomic E-state index is 13.2. The molecule has 2 fully saturated rings. The van der Waals surface area contributed by atoms with Crippen molar-refractivity contribution in [2.45, 2.75) is 49.7 Å². The SMILES string of the molecule is CCN1CCC[C@H]1CNC(=O)C1CCN(S(=O)(=O)c2ccccc2C(F)(F)F)CC1. The van der Waals surface area contributed by atoms with Gasteiger partial charge in [-0.05, 0) is 50.9 Å². The molecule has 2 heterocycles. The molecule has 6 nitrogen and oxygen atoms in total. The third kappa shape index (κ3) is 4.97. The van der Waals surface area contributed by atoms with E-state index in [9.17, 15) is 26.4 Å². The van der Waals surface area contributed by atoms with Crippen molar-refractivity contribution in [1.29, 1.82) is 0 Å². The Hall–Kier alpha value is -1.65. The van der Waals surface area contributed by atoms with Crippen molar-refractivity contribution in [2.24, 2.45) is 5.92 Å². The maximum absolute atomic E-state index is 13.2. The van der Waals surface area contributed by atoms with Crippen LogP contribution in [0, 0.1) is 5.92 Å². The summed E-state index contributed by atoms with van der Waals surface area (Å²) in [6.07, 6.45) is -2.01. The lowest BCUT2D eigenvalue weighted by atomic mass is 9.97. The van der Waals surface area contributed by atoms with Gasteiger partial charge in [-0.15, -0.1) is 0 Å². The van der Waals surface area contributed by atoms with E-state index in [1.165, 1.54) is 12.1 Å². The number of carbonyl (C=O) groups excluding carboxylic acids is 1. The molecule has 0 radical (unpaired) electrons. The van der Waals surface area contributed by atoms with E-state index in [1.54, 1.807) is 0 Å². The van der Waals surface area contributed by atoms with Gasteiger partial charge in [0.25, 0.3) is 0 Å². The summed E-state index contributed by atoms with van der Waals surface area (Å²) in [5.74, 6) is -0.434. The smallest absolute Gasteiger partial charge is 0.354 e. The van der Waals surface area contributed by atoms with Crippen LogP contribution in [0.2, 0.25) is 0 Å². The minimum Gasteiger partial charge on any atom is -0.354 e. The van der Waals surface area contributed by atoms with Crippen molar-refractivity contribution in [3.05, 3.63) is 29.8 Å². The molecule has 2 aliphatic rings. The first-order valence-corrected chi connectivity index (χ1v) is 11.8. The summed E-state index contributed by atoms with van der Waals surface area (Å²) < 4.78 is 66.4. The number of likely N-dealkylation sites (N-methyl/N-ethyl adjacent to an activating group) is 1. The van der Waals surface area contributed by atoms with Gasteiger partial charge >= 0.3 is 6.18 Å². The number of benzene rings is 1. The molecule has 0 aliphatic carbocycles. The number of hydrogen-bond donors (Lipinski definition) is 1. The highest BCUT2D eigenvalue weighted by molar-refractivity contribution is 7.89. The summed E-state index contributed by atoms with van der Waals surface area (Å²) in [5, 5.41) is 2.98. The summed E-state index contributed by atoms with van der Waals surface area (Å²) in [4.78, 5) is 14.1. The Bertz CT molecular complexity index is 852. The molecule has 0 unspecified atom stereocenters. The lowest BCUT2D eigenvalue weighted by Gasteiger charge is -2.31. The van der Waals surface area contributed by atoms with Crippen LogP contribution >= 0.6 is 0 Å². The highest BCUT2D eigenvalue weighted by Gasteiger charge is 2.40. The van der Waals surface area contributed by atoms with Gasteiger partial charge < -0.3 is 5.32 Å². The lowest BCUT2D eigenvalue weighted by molar-refractivity contribution is -0.139. The average molecular weight is 448 g/mol. The van der Waals surface area contributed by atoms with E-state index in [4.69, 9.17) is 0 Å². The number of carbonyl (C=O) groups is 1. The maximum Gasteiger partial charge on any atom is 0.417 e. The van der Waals surface area contributed by atoms with Crippen molar-refractivity contribution in [3.8, 4) is 0 Å². The fourth-order valence-electron chi connectivity index (χ4n) is 4.33. The van der Waals surface area contributed by atoms with Crippen LogP contribution in [0.4, 0.5) is 13.2 Å². The summed E-state index contributed by atoms with van der Waals surface area (Å²) in [5.41, 5.74) is -1.16. The first-order chi connectivity index (χ1) is 14.1. The molecule has 0 aromatic heterocycles. The number of likely N-dealkylation sites (tertiary alicyclic amines) is 1. The second-order valence-corrected chi connectivity index (χ2v) is 9.75. The molecule has 1 atom stereocenters. The number of rotatable bonds is 6. The summed E-state index contributed by atoms with van der Waals surface area (Å²) >= 11 is 0. The van der Waals surface area contributed by atoms with Crippen LogP contribution in [0.1, 0.15) is 38.2 Å². The van der Waals surface area contributed by atoms with Crippen molar-refractivity contribution in [3.63, 3.8) is 0 Å². The van der Waals surface area contributed by atoms with Gasteiger partial charge in [-0.2, -0.15) is 17.5 Å². The standard InChI is InChI=1S/C20H28F3N3O3S/c1-2-25-11-5-6-16(25)14-24-19(27)15-9-12-26(13-10-15)30(28,29)18-8-4-3-7-17(18)20(21,22)23/h3-4,7-8,15-16H,2,5-6,9-14H2,1H3,(H,24,27)/t16-/m0/s1. The number of piperidine rings is 1. The predicted molar refractivity (Wildman–Crippen MR) is 106 cm³/mol. The monoisotopic (exact) mass is 447 g/mol. The van der Waals surface area contributed by atoms with Gasteiger partial charge in [0.1, 0.15) is 0 Å². The fraction of sp³-hybridized carbons (Fsp3) is 0.650.